The molecular weight excluding hydrogens is 270 g/mol. The van der Waals surface area contributed by atoms with Crippen molar-refractivity contribution >= 4 is 4.21 Å². The van der Waals surface area contributed by atoms with Gasteiger partial charge in [-0.1, -0.05) is 0 Å². The van der Waals surface area contributed by atoms with Gasteiger partial charge in [-0.2, -0.15) is 0 Å². The normalized spacial score (nSPS) is 17.6. The summed E-state index contributed by atoms with van der Waals surface area (Å²) in [7, 11) is 0. The van der Waals surface area contributed by atoms with E-state index < -0.39 is 0 Å². The second-order valence-corrected chi connectivity index (χ2v) is 4.86. The summed E-state index contributed by atoms with van der Waals surface area (Å²) in [4.78, 5) is 0. The number of benzene rings is 1. The van der Waals surface area contributed by atoms with Crippen molar-refractivity contribution in [2.24, 2.45) is 0 Å². The molecule has 0 bridgehead atoms. The number of hydrogen-bond donors (Lipinski definition) is 0. The van der Waals surface area contributed by atoms with Gasteiger partial charge in [-0.05, 0) is 0 Å². The summed E-state index contributed by atoms with van der Waals surface area (Å²) in [6.07, 6.45) is 6.92. The van der Waals surface area contributed by atoms with E-state index in [0.29, 0.717) is 6.10 Å². The minimum absolute atomic E-state index is 0.450. The maximum atomic E-state index is 5.98. The van der Waals surface area contributed by atoms with Crippen molar-refractivity contribution in [2.45, 2.75) is 38.2 Å². The van der Waals surface area contributed by atoms with Crippen LogP contribution in [0.4, 0.5) is 0 Å². The van der Waals surface area contributed by atoms with E-state index in [-0.39, 0.29) is 0 Å². The van der Waals surface area contributed by atoms with Gasteiger partial charge in [0.15, 0.2) is 0 Å². The maximum absolute atomic E-state index is 5.98. The second-order valence-electron chi connectivity index (χ2n) is 4.02. The molecule has 0 spiro atoms. The average molecular weight is 286 g/mol. The predicted octanol–water partition coefficient (Wildman–Crippen LogP) is 3.06. The number of rotatable bonds is 3. The van der Waals surface area contributed by atoms with Crippen molar-refractivity contribution in [3.8, 4) is 0 Å². The molecule has 0 amide bonds. The predicted molar refractivity (Wildman–Crippen MR) is 58.5 cm³/mol. The van der Waals surface area contributed by atoms with Gasteiger partial charge in [-0.25, -0.2) is 0 Å². The van der Waals surface area contributed by atoms with Crippen LogP contribution in [0.15, 0.2) is 30.3 Å². The molecule has 1 aliphatic rings. The van der Waals surface area contributed by atoms with Crippen molar-refractivity contribution in [3.05, 3.63) is 35.9 Å². The van der Waals surface area contributed by atoms with Crippen molar-refractivity contribution in [1.29, 1.82) is 0 Å². The van der Waals surface area contributed by atoms with Crippen LogP contribution in [0.2, 0.25) is 0 Å². The first-order valence-electron chi connectivity index (χ1n) is 5.61. The third-order valence-electron chi connectivity index (χ3n) is 2.82. The van der Waals surface area contributed by atoms with E-state index in [4.69, 9.17) is 4.74 Å². The van der Waals surface area contributed by atoms with Crippen LogP contribution in [-0.2, 0) is 23.2 Å². The Labute approximate surface area is 102 Å². The summed E-state index contributed by atoms with van der Waals surface area (Å²) in [5.74, 6) is 0. The van der Waals surface area contributed by atoms with E-state index >= 15 is 0 Å². The Morgan fingerprint density at radius 2 is 1.73 bits per heavy atom. The zero-order valence-electron chi connectivity index (χ0n) is 8.79. The van der Waals surface area contributed by atoms with E-state index in [1.165, 1.54) is 37.7 Å². The minimum atomic E-state index is 0.450. The molecule has 0 unspecified atom stereocenters. The molecule has 0 N–H and O–H groups in total. The number of hydrogen-bond acceptors (Lipinski definition) is 1. The summed E-state index contributed by atoms with van der Waals surface area (Å²) < 4.78 is 7.02. The van der Waals surface area contributed by atoms with Gasteiger partial charge in [0.1, 0.15) is 0 Å². The third kappa shape index (κ3) is 3.34. The molecule has 0 aromatic heterocycles. The Morgan fingerprint density at radius 3 is 2.40 bits per heavy atom. The SMILES string of the molecule is [Tc]=[C](OC1CCCCC1)c1ccccc1. The molecule has 15 heavy (non-hydrogen) atoms. The molecule has 0 radical (unpaired) electrons. The van der Waals surface area contributed by atoms with Gasteiger partial charge in [0.25, 0.3) is 0 Å². The van der Waals surface area contributed by atoms with Crippen LogP contribution in [0.5, 0.6) is 0 Å². The van der Waals surface area contributed by atoms with E-state index in [1.807, 2.05) is 6.07 Å². The molecule has 0 heterocycles. The number of ether oxygens (including phenoxy) is 1. The quantitative estimate of drug-likeness (QED) is 0.830. The molecule has 1 aromatic carbocycles. The fraction of sp³-hybridized carbons (Fsp3) is 0.462. The molecule has 2 heteroatoms. The van der Waals surface area contributed by atoms with Crippen LogP contribution in [0, 0.1) is 0 Å². The van der Waals surface area contributed by atoms with Crippen molar-refractivity contribution < 1.29 is 23.2 Å². The van der Waals surface area contributed by atoms with E-state index in [2.05, 4.69) is 42.7 Å². The second kappa shape index (κ2) is 5.69. The fourth-order valence-corrected chi connectivity index (χ4v) is 2.59. The Hall–Kier alpha value is -0.301. The van der Waals surface area contributed by atoms with Gasteiger partial charge in [0.05, 0.1) is 0 Å². The Kier molecular flexibility index (Phi) is 4.25. The molecule has 2 rings (SSSR count). The molecule has 1 nitrogen and oxygen atoms in total. The summed E-state index contributed by atoms with van der Waals surface area (Å²) in [6, 6.07) is 10.3. The first-order chi connectivity index (χ1) is 7.36. The van der Waals surface area contributed by atoms with Gasteiger partial charge in [0.2, 0.25) is 0 Å². The van der Waals surface area contributed by atoms with Crippen LogP contribution in [0.3, 0.4) is 0 Å². The van der Waals surface area contributed by atoms with Gasteiger partial charge in [-0.15, -0.1) is 0 Å². The molecule has 81 valence electrons. The standard InChI is InChI=1S/C13H16O.Tc/c1-3-7-12(8-4-1)11-14-13-9-5-2-6-10-13;/h1,3-4,7-8,13H,2,5-6,9-10H2;. The van der Waals surface area contributed by atoms with E-state index in [0.717, 1.165) is 4.21 Å². The average Bonchev–Trinajstić information content (AvgIpc) is 2.31. The Morgan fingerprint density at radius 1 is 1.07 bits per heavy atom. The van der Waals surface area contributed by atoms with Gasteiger partial charge >= 0.3 is 101 Å². The Balaban J connectivity index is 1.91. The zero-order chi connectivity index (χ0) is 10.5. The molecule has 0 atom stereocenters. The van der Waals surface area contributed by atoms with Crippen LogP contribution >= 0.6 is 0 Å². The van der Waals surface area contributed by atoms with Crippen LogP contribution in [-0.4, -0.2) is 10.3 Å². The topological polar surface area (TPSA) is 9.23 Å². The summed E-state index contributed by atoms with van der Waals surface area (Å²) in [6.45, 7) is 0. The van der Waals surface area contributed by atoms with E-state index in [1.54, 1.807) is 0 Å². The molecule has 1 aromatic rings. The summed E-state index contributed by atoms with van der Waals surface area (Å²) in [5.41, 5.74) is 1.20. The fourth-order valence-electron chi connectivity index (χ4n) is 1.97. The molecule has 0 saturated heterocycles. The zero-order valence-corrected chi connectivity index (χ0v) is 10.6. The van der Waals surface area contributed by atoms with Gasteiger partial charge in [0, 0.05) is 0 Å². The summed E-state index contributed by atoms with van der Waals surface area (Å²) >= 11 is 2.30. The van der Waals surface area contributed by atoms with Gasteiger partial charge in [-0.3, -0.25) is 0 Å². The van der Waals surface area contributed by atoms with Crippen LogP contribution in [0.1, 0.15) is 37.7 Å². The Bertz CT molecular complexity index is 315. The molecule has 1 aliphatic carbocycles. The van der Waals surface area contributed by atoms with Gasteiger partial charge < -0.3 is 0 Å². The molecule has 1 saturated carbocycles. The van der Waals surface area contributed by atoms with Crippen molar-refractivity contribution in [2.75, 3.05) is 0 Å². The first-order valence-corrected chi connectivity index (χ1v) is 6.54. The van der Waals surface area contributed by atoms with Crippen molar-refractivity contribution in [1.82, 2.24) is 0 Å². The monoisotopic (exact) mass is 285 g/mol. The molecule has 0 aliphatic heterocycles. The third-order valence-corrected chi connectivity index (χ3v) is 3.58. The first kappa shape index (κ1) is 11.2. The van der Waals surface area contributed by atoms with Crippen LogP contribution in [0.25, 0.3) is 0 Å². The van der Waals surface area contributed by atoms with E-state index in [9.17, 15) is 0 Å². The molecule has 1 fully saturated rings. The summed E-state index contributed by atoms with van der Waals surface area (Å²) in [5, 5.41) is 0. The molecular formula is C13H16OTc. The van der Waals surface area contributed by atoms with Crippen molar-refractivity contribution in [3.63, 3.8) is 0 Å². The van der Waals surface area contributed by atoms with Crippen LogP contribution < -0.4 is 0 Å².